The van der Waals surface area contributed by atoms with Gasteiger partial charge in [-0.2, -0.15) is 0 Å². The van der Waals surface area contributed by atoms with Crippen LogP contribution in [0.15, 0.2) is 23.8 Å². The summed E-state index contributed by atoms with van der Waals surface area (Å²) in [6.07, 6.45) is 3.71. The van der Waals surface area contributed by atoms with Crippen molar-refractivity contribution in [1.82, 2.24) is 0 Å². The van der Waals surface area contributed by atoms with Crippen molar-refractivity contribution in [3.8, 4) is 0 Å². The Balaban J connectivity index is 1.76. The number of aliphatic hydroxyl groups is 1. The van der Waals surface area contributed by atoms with Crippen molar-refractivity contribution in [3.63, 3.8) is 0 Å². The summed E-state index contributed by atoms with van der Waals surface area (Å²) in [5, 5.41) is 11.5. The van der Waals surface area contributed by atoms with E-state index < -0.39 is 45.5 Å². The normalized spacial score (nSPS) is 43.0. The number of ether oxygens (including phenoxy) is 2. The standard InChI is InChI=1S/C25H31Cl2FO6/c1-4-9-33-22(32)25(34-21(31)20(26)27)8-6-15-14-11-17(28)16-10-13(29)5-7-23(16,2)19(14)18(30)12-24(15,25)3/h5,7,10,14-15,17-20,30H,4,6,8-9,11-12H2,1-3H3/t14-,15-,17-,18-,19+,23-,24-,25-/m0/s1. The van der Waals surface area contributed by atoms with E-state index in [0.29, 0.717) is 18.4 Å². The van der Waals surface area contributed by atoms with Gasteiger partial charge in [0.15, 0.2) is 5.78 Å². The van der Waals surface area contributed by atoms with Gasteiger partial charge in [-0.05, 0) is 61.7 Å². The van der Waals surface area contributed by atoms with Crippen molar-refractivity contribution < 1.29 is 33.4 Å². The third-order valence-electron chi connectivity index (χ3n) is 8.82. The molecule has 0 amide bonds. The first-order chi connectivity index (χ1) is 15.9. The molecule has 0 aromatic rings. The van der Waals surface area contributed by atoms with Gasteiger partial charge in [0.05, 0.1) is 12.7 Å². The van der Waals surface area contributed by atoms with Crippen molar-refractivity contribution >= 4 is 40.9 Å². The quantitative estimate of drug-likeness (QED) is 0.433. The van der Waals surface area contributed by atoms with Gasteiger partial charge >= 0.3 is 11.9 Å². The monoisotopic (exact) mass is 516 g/mol. The Morgan fingerprint density at radius 1 is 1.32 bits per heavy atom. The third-order valence-corrected chi connectivity index (χ3v) is 9.17. The number of carbonyl (C=O) groups is 3. The van der Waals surface area contributed by atoms with E-state index in [1.165, 1.54) is 12.2 Å². The van der Waals surface area contributed by atoms with Crippen molar-refractivity contribution in [2.75, 3.05) is 6.61 Å². The zero-order valence-corrected chi connectivity index (χ0v) is 21.1. The van der Waals surface area contributed by atoms with E-state index in [1.54, 1.807) is 6.08 Å². The van der Waals surface area contributed by atoms with E-state index in [2.05, 4.69) is 0 Å². The molecule has 34 heavy (non-hydrogen) atoms. The Hall–Kier alpha value is -1.44. The van der Waals surface area contributed by atoms with Crippen LogP contribution in [0.2, 0.25) is 0 Å². The van der Waals surface area contributed by atoms with Crippen molar-refractivity contribution in [3.05, 3.63) is 23.8 Å². The van der Waals surface area contributed by atoms with Crippen LogP contribution >= 0.6 is 23.2 Å². The van der Waals surface area contributed by atoms with Crippen LogP contribution in [0.3, 0.4) is 0 Å². The largest absolute Gasteiger partial charge is 0.463 e. The fourth-order valence-corrected chi connectivity index (χ4v) is 7.48. The number of hydrogen-bond donors (Lipinski definition) is 1. The van der Waals surface area contributed by atoms with E-state index in [4.69, 9.17) is 32.7 Å². The van der Waals surface area contributed by atoms with Crippen LogP contribution in [0, 0.1) is 28.6 Å². The minimum atomic E-state index is -1.68. The summed E-state index contributed by atoms with van der Waals surface area (Å²) in [6, 6.07) is 0. The van der Waals surface area contributed by atoms with Crippen molar-refractivity contribution in [2.24, 2.45) is 28.6 Å². The molecule has 4 rings (SSSR count). The molecule has 4 aliphatic rings. The molecule has 4 aliphatic carbocycles. The maximum atomic E-state index is 15.5. The number of aliphatic hydroxyl groups excluding tert-OH is 1. The lowest BCUT2D eigenvalue weighted by Gasteiger charge is -2.60. The Morgan fingerprint density at radius 3 is 2.68 bits per heavy atom. The number of carbonyl (C=O) groups excluding carboxylic acids is 3. The van der Waals surface area contributed by atoms with E-state index >= 15 is 4.39 Å². The molecule has 0 unspecified atom stereocenters. The molecule has 0 aliphatic heterocycles. The van der Waals surface area contributed by atoms with Gasteiger partial charge in [-0.1, -0.05) is 50.0 Å². The topological polar surface area (TPSA) is 89.9 Å². The number of ketones is 1. The lowest BCUT2D eigenvalue weighted by atomic mass is 9.46. The molecule has 9 heteroatoms. The molecule has 0 radical (unpaired) electrons. The van der Waals surface area contributed by atoms with Crippen LogP contribution in [-0.2, 0) is 23.9 Å². The van der Waals surface area contributed by atoms with Crippen molar-refractivity contribution in [1.29, 1.82) is 0 Å². The fraction of sp³-hybridized carbons (Fsp3) is 0.720. The second-order valence-corrected chi connectivity index (χ2v) is 11.6. The lowest BCUT2D eigenvalue weighted by Crippen LogP contribution is -2.63. The van der Waals surface area contributed by atoms with Crippen LogP contribution in [0.4, 0.5) is 4.39 Å². The summed E-state index contributed by atoms with van der Waals surface area (Å²) in [5.74, 6) is -2.77. The average Bonchev–Trinajstić information content (AvgIpc) is 3.05. The molecular formula is C25H31Cl2FO6. The molecule has 8 atom stereocenters. The zero-order valence-electron chi connectivity index (χ0n) is 19.6. The predicted molar refractivity (Wildman–Crippen MR) is 124 cm³/mol. The number of fused-ring (bicyclic) bond motifs is 5. The summed E-state index contributed by atoms with van der Waals surface area (Å²) in [7, 11) is 0. The van der Waals surface area contributed by atoms with Crippen LogP contribution in [0.25, 0.3) is 0 Å². The highest BCUT2D eigenvalue weighted by Gasteiger charge is 2.72. The summed E-state index contributed by atoms with van der Waals surface area (Å²) >= 11 is 11.5. The van der Waals surface area contributed by atoms with Crippen LogP contribution in [-0.4, -0.2) is 52.1 Å². The van der Waals surface area contributed by atoms with Crippen LogP contribution in [0.1, 0.15) is 52.9 Å². The molecular weight excluding hydrogens is 486 g/mol. The number of esters is 2. The molecule has 0 saturated heterocycles. The van der Waals surface area contributed by atoms with Gasteiger partial charge in [-0.3, -0.25) is 4.79 Å². The third kappa shape index (κ3) is 3.65. The van der Waals surface area contributed by atoms with E-state index in [9.17, 15) is 19.5 Å². The number of rotatable bonds is 5. The van der Waals surface area contributed by atoms with Crippen LogP contribution in [0.5, 0.6) is 0 Å². The first-order valence-corrected chi connectivity index (χ1v) is 12.7. The fourth-order valence-electron chi connectivity index (χ4n) is 7.40. The molecule has 1 N–H and O–H groups in total. The molecule has 188 valence electrons. The van der Waals surface area contributed by atoms with Gasteiger partial charge in [0.25, 0.3) is 0 Å². The summed E-state index contributed by atoms with van der Waals surface area (Å²) < 4.78 is 26.7. The molecule has 0 heterocycles. The first-order valence-electron chi connectivity index (χ1n) is 11.9. The number of allylic oxidation sites excluding steroid dienone is 4. The van der Waals surface area contributed by atoms with Gasteiger partial charge in [-0.15, -0.1) is 0 Å². The van der Waals surface area contributed by atoms with E-state index in [1.807, 2.05) is 20.8 Å². The summed E-state index contributed by atoms with van der Waals surface area (Å²) in [4.78, 5) is 36.4. The Kier molecular flexibility index (Phi) is 6.71. The summed E-state index contributed by atoms with van der Waals surface area (Å²) in [5.41, 5.74) is -3.12. The molecule has 6 nitrogen and oxygen atoms in total. The van der Waals surface area contributed by atoms with Crippen molar-refractivity contribution in [2.45, 2.75) is 75.6 Å². The molecule has 0 aromatic heterocycles. The van der Waals surface area contributed by atoms with Gasteiger partial charge < -0.3 is 14.6 Å². The maximum absolute atomic E-state index is 15.5. The van der Waals surface area contributed by atoms with Gasteiger partial charge in [-0.25, -0.2) is 14.0 Å². The number of alkyl halides is 3. The Labute approximate surface area is 208 Å². The minimum Gasteiger partial charge on any atom is -0.463 e. The molecule has 0 aromatic carbocycles. The SMILES string of the molecule is CCCOC(=O)[C@@]1(OC(=O)C(Cl)Cl)CC[C@H]2[C@@H]3C[C@H](F)C4=CC(=O)C=C[C@]4(C)[C@H]3[C@@H](O)C[C@@]21C. The first kappa shape index (κ1) is 25.6. The highest BCUT2D eigenvalue weighted by Crippen LogP contribution is 2.68. The van der Waals surface area contributed by atoms with E-state index in [-0.39, 0.29) is 49.4 Å². The maximum Gasteiger partial charge on any atom is 0.351 e. The minimum absolute atomic E-state index is 0.117. The molecule has 0 spiro atoms. The summed E-state index contributed by atoms with van der Waals surface area (Å²) in [6.45, 7) is 5.67. The Morgan fingerprint density at radius 2 is 2.03 bits per heavy atom. The second kappa shape index (κ2) is 8.90. The molecule has 0 bridgehead atoms. The number of halogens is 3. The highest BCUT2D eigenvalue weighted by molar-refractivity contribution is 6.53. The van der Waals surface area contributed by atoms with Gasteiger partial charge in [0, 0.05) is 16.7 Å². The average molecular weight is 517 g/mol. The van der Waals surface area contributed by atoms with Gasteiger partial charge in [0.2, 0.25) is 10.4 Å². The highest BCUT2D eigenvalue weighted by atomic mass is 35.5. The van der Waals surface area contributed by atoms with Gasteiger partial charge in [0.1, 0.15) is 6.17 Å². The smallest absolute Gasteiger partial charge is 0.351 e. The second-order valence-electron chi connectivity index (χ2n) is 10.5. The Bertz CT molecular complexity index is 950. The lowest BCUT2D eigenvalue weighted by molar-refractivity contribution is -0.213. The van der Waals surface area contributed by atoms with E-state index in [0.717, 1.165) is 0 Å². The molecule has 3 fully saturated rings. The van der Waals surface area contributed by atoms with Crippen LogP contribution < -0.4 is 0 Å². The zero-order chi connectivity index (χ0) is 25.1. The predicted octanol–water partition coefficient (Wildman–Crippen LogP) is 4.25. The number of hydrogen-bond acceptors (Lipinski definition) is 6. The molecule has 3 saturated carbocycles.